The lowest BCUT2D eigenvalue weighted by atomic mass is 10.0. The molecule has 1 N–H and O–H groups in total. The number of hydrogen-bond acceptors (Lipinski definition) is 4. The number of rotatable bonds is 5. The number of aryl methyl sites for hydroxylation is 1. The number of fused-ring (bicyclic) bond motifs is 1. The van der Waals surface area contributed by atoms with Gasteiger partial charge >= 0.3 is 0 Å². The van der Waals surface area contributed by atoms with Crippen molar-refractivity contribution < 1.29 is 14.3 Å². The molecule has 0 aliphatic carbocycles. The molecule has 1 amide bonds. The molecule has 1 aliphatic rings. The Kier molecular flexibility index (Phi) is 5.45. The lowest BCUT2D eigenvalue weighted by molar-refractivity contribution is 0.0543. The van der Waals surface area contributed by atoms with Gasteiger partial charge in [-0.3, -0.25) is 9.59 Å². The Labute approximate surface area is 169 Å². The van der Waals surface area contributed by atoms with E-state index in [1.807, 2.05) is 50.2 Å². The van der Waals surface area contributed by atoms with E-state index in [1.54, 1.807) is 12.1 Å². The Hall–Kier alpha value is -2.99. The number of aromatic nitrogens is 2. The van der Waals surface area contributed by atoms with E-state index in [-0.39, 0.29) is 17.9 Å². The highest BCUT2D eigenvalue weighted by Gasteiger charge is 2.27. The summed E-state index contributed by atoms with van der Waals surface area (Å²) in [6.07, 6.45) is 1.97. The molecule has 1 aliphatic heterocycles. The molecule has 0 bridgehead atoms. The molecular formula is C23H25N3O3. The van der Waals surface area contributed by atoms with Gasteiger partial charge in [0.25, 0.3) is 11.8 Å². The average Bonchev–Trinajstić information content (AvgIpc) is 3.40. The Balaban J connectivity index is 1.59. The summed E-state index contributed by atoms with van der Waals surface area (Å²) in [4.78, 5) is 25.6. The number of nitrogens with zero attached hydrogens (tertiary/aromatic N) is 2. The first kappa shape index (κ1) is 19.3. The van der Waals surface area contributed by atoms with Gasteiger partial charge in [0.2, 0.25) is 0 Å². The predicted octanol–water partition coefficient (Wildman–Crippen LogP) is 4.05. The summed E-state index contributed by atoms with van der Waals surface area (Å²) in [5.74, 6) is -0.284. The average molecular weight is 391 g/mol. The molecule has 0 radical (unpaired) electrons. The van der Waals surface area contributed by atoms with Gasteiger partial charge in [0, 0.05) is 17.6 Å². The largest absolute Gasteiger partial charge is 0.368 e. The summed E-state index contributed by atoms with van der Waals surface area (Å²) in [5, 5.41) is 8.32. The smallest absolute Gasteiger partial charge is 0.276 e. The number of carbonyl (C=O) groups excluding carboxylic acids is 2. The summed E-state index contributed by atoms with van der Waals surface area (Å²) >= 11 is 0. The summed E-state index contributed by atoms with van der Waals surface area (Å²) < 4.78 is 6.93. The third-order valence-electron chi connectivity index (χ3n) is 5.46. The maximum Gasteiger partial charge on any atom is 0.276 e. The van der Waals surface area contributed by atoms with E-state index in [1.165, 1.54) is 4.68 Å². The number of ether oxygens (including phenoxy) is 1. The van der Waals surface area contributed by atoms with Crippen molar-refractivity contribution in [3.05, 3.63) is 65.4 Å². The highest BCUT2D eigenvalue weighted by Crippen LogP contribution is 2.23. The van der Waals surface area contributed by atoms with Crippen LogP contribution in [0.1, 0.15) is 58.6 Å². The van der Waals surface area contributed by atoms with Crippen LogP contribution in [-0.2, 0) is 4.74 Å². The molecule has 150 valence electrons. The highest BCUT2D eigenvalue weighted by atomic mass is 16.5. The van der Waals surface area contributed by atoms with Crippen molar-refractivity contribution in [3.63, 3.8) is 0 Å². The van der Waals surface area contributed by atoms with E-state index < -0.39 is 6.10 Å². The van der Waals surface area contributed by atoms with Crippen LogP contribution >= 0.6 is 0 Å². The van der Waals surface area contributed by atoms with Crippen LogP contribution in [0.3, 0.4) is 0 Å². The molecule has 4 rings (SSSR count). The number of amides is 1. The fraction of sp³-hybridized carbons (Fsp3) is 0.348. The second kappa shape index (κ2) is 8.17. The van der Waals surface area contributed by atoms with Crippen LogP contribution in [0, 0.1) is 6.92 Å². The molecule has 0 spiro atoms. The summed E-state index contributed by atoms with van der Waals surface area (Å²) in [6.45, 7) is 4.51. The zero-order chi connectivity index (χ0) is 20.4. The Bertz CT molecular complexity index is 1040. The molecule has 3 aromatic rings. The molecule has 2 aromatic carbocycles. The van der Waals surface area contributed by atoms with Gasteiger partial charge in [-0.2, -0.15) is 9.78 Å². The summed E-state index contributed by atoms with van der Waals surface area (Å²) in [5.41, 5.74) is 3.06. The molecule has 1 aromatic heterocycles. The van der Waals surface area contributed by atoms with Crippen molar-refractivity contribution in [1.29, 1.82) is 0 Å². The number of hydrogen-bond donors (Lipinski definition) is 1. The van der Waals surface area contributed by atoms with Crippen LogP contribution in [-0.4, -0.2) is 34.3 Å². The van der Waals surface area contributed by atoms with Crippen LogP contribution in [0.2, 0.25) is 0 Å². The standard InChI is InChI=1S/C23H25N3O3/c1-3-19(16-8-5-4-6-9-16)24-22(27)17-11-12-20-18(14-17)15(2)25-26(20)23(28)21-10-7-13-29-21/h4-6,8-9,11-12,14,19,21H,3,7,10,13H2,1-2H3,(H,24,27). The van der Waals surface area contributed by atoms with E-state index in [0.717, 1.165) is 35.9 Å². The van der Waals surface area contributed by atoms with E-state index in [9.17, 15) is 9.59 Å². The molecule has 2 heterocycles. The van der Waals surface area contributed by atoms with E-state index in [2.05, 4.69) is 10.4 Å². The van der Waals surface area contributed by atoms with Crippen LogP contribution in [0.25, 0.3) is 10.9 Å². The SMILES string of the molecule is CCC(NC(=O)c1ccc2c(c1)c(C)nn2C(=O)C1CCCO1)c1ccccc1. The minimum atomic E-state index is -0.434. The van der Waals surface area contributed by atoms with E-state index in [0.29, 0.717) is 17.7 Å². The molecule has 2 atom stereocenters. The van der Waals surface area contributed by atoms with Crippen molar-refractivity contribution in [1.82, 2.24) is 15.1 Å². The Morgan fingerprint density at radius 1 is 1.24 bits per heavy atom. The van der Waals surface area contributed by atoms with Crippen molar-refractivity contribution >= 4 is 22.7 Å². The zero-order valence-electron chi connectivity index (χ0n) is 16.7. The lowest BCUT2D eigenvalue weighted by Crippen LogP contribution is -2.28. The highest BCUT2D eigenvalue weighted by molar-refractivity contribution is 6.01. The molecule has 6 nitrogen and oxygen atoms in total. The third-order valence-corrected chi connectivity index (χ3v) is 5.46. The number of nitrogens with one attached hydrogen (secondary N) is 1. The van der Waals surface area contributed by atoms with Crippen LogP contribution in [0.4, 0.5) is 0 Å². The van der Waals surface area contributed by atoms with E-state index in [4.69, 9.17) is 4.74 Å². The quantitative estimate of drug-likeness (QED) is 0.712. The van der Waals surface area contributed by atoms with Crippen LogP contribution < -0.4 is 5.32 Å². The maximum atomic E-state index is 12.9. The van der Waals surface area contributed by atoms with Gasteiger partial charge < -0.3 is 10.1 Å². The monoisotopic (exact) mass is 391 g/mol. The number of carbonyl (C=O) groups is 2. The maximum absolute atomic E-state index is 12.9. The van der Waals surface area contributed by atoms with Crippen molar-refractivity contribution in [3.8, 4) is 0 Å². The molecule has 6 heteroatoms. The topological polar surface area (TPSA) is 73.2 Å². The van der Waals surface area contributed by atoms with E-state index >= 15 is 0 Å². The minimum Gasteiger partial charge on any atom is -0.368 e. The molecule has 1 saturated heterocycles. The lowest BCUT2D eigenvalue weighted by Gasteiger charge is -2.17. The fourth-order valence-electron chi connectivity index (χ4n) is 3.83. The summed E-state index contributed by atoms with van der Waals surface area (Å²) in [7, 11) is 0. The van der Waals surface area contributed by atoms with Gasteiger partial charge in [-0.15, -0.1) is 0 Å². The molecular weight excluding hydrogens is 366 g/mol. The molecule has 29 heavy (non-hydrogen) atoms. The molecule has 2 unspecified atom stereocenters. The second-order valence-corrected chi connectivity index (χ2v) is 7.41. The third kappa shape index (κ3) is 3.80. The number of benzene rings is 2. The first-order valence-electron chi connectivity index (χ1n) is 10.1. The first-order chi connectivity index (χ1) is 14.1. The second-order valence-electron chi connectivity index (χ2n) is 7.41. The van der Waals surface area contributed by atoms with Gasteiger partial charge in [0.15, 0.2) is 0 Å². The van der Waals surface area contributed by atoms with Gasteiger partial charge in [0.1, 0.15) is 6.10 Å². The fourth-order valence-corrected chi connectivity index (χ4v) is 3.83. The first-order valence-corrected chi connectivity index (χ1v) is 10.1. The van der Waals surface area contributed by atoms with Crippen LogP contribution in [0.5, 0.6) is 0 Å². The molecule has 1 fully saturated rings. The van der Waals surface area contributed by atoms with Gasteiger partial charge in [-0.1, -0.05) is 37.3 Å². The normalized spacial score (nSPS) is 17.4. The van der Waals surface area contributed by atoms with Gasteiger partial charge in [-0.25, -0.2) is 0 Å². The van der Waals surface area contributed by atoms with Gasteiger partial charge in [0.05, 0.1) is 17.3 Å². The van der Waals surface area contributed by atoms with Crippen molar-refractivity contribution in [2.45, 2.75) is 45.3 Å². The van der Waals surface area contributed by atoms with Crippen molar-refractivity contribution in [2.75, 3.05) is 6.61 Å². The summed E-state index contributed by atoms with van der Waals surface area (Å²) in [6, 6.07) is 15.2. The van der Waals surface area contributed by atoms with Crippen molar-refractivity contribution in [2.24, 2.45) is 0 Å². The minimum absolute atomic E-state index is 0.0516. The zero-order valence-corrected chi connectivity index (χ0v) is 16.7. The Morgan fingerprint density at radius 2 is 2.03 bits per heavy atom. The van der Waals surface area contributed by atoms with Crippen LogP contribution in [0.15, 0.2) is 48.5 Å². The predicted molar refractivity (Wildman–Crippen MR) is 111 cm³/mol. The Morgan fingerprint density at radius 3 is 2.72 bits per heavy atom. The molecule has 0 saturated carbocycles. The van der Waals surface area contributed by atoms with Gasteiger partial charge in [-0.05, 0) is 49.9 Å².